The molecule has 0 aliphatic rings. The van der Waals surface area contributed by atoms with Crippen LogP contribution in [0.15, 0.2) is 83.9 Å². The third-order valence-electron chi connectivity index (χ3n) is 4.43. The Kier molecular flexibility index (Phi) is 5.87. The second kappa shape index (κ2) is 9.07. The molecule has 0 radical (unpaired) electrons. The lowest BCUT2D eigenvalue weighted by atomic mass is 10.2. The largest absolute Gasteiger partial charge is 0.497 e. The van der Waals surface area contributed by atoms with Crippen LogP contribution in [0.3, 0.4) is 0 Å². The van der Waals surface area contributed by atoms with Crippen LogP contribution in [0.4, 0.5) is 5.69 Å². The van der Waals surface area contributed by atoms with Gasteiger partial charge in [-0.2, -0.15) is 0 Å². The molecule has 4 rings (SSSR count). The summed E-state index contributed by atoms with van der Waals surface area (Å²) in [7, 11) is 1.64. The molecule has 30 heavy (non-hydrogen) atoms. The molecule has 1 aromatic carbocycles. The number of nitrogens with zero attached hydrogens (tertiary/aromatic N) is 4. The van der Waals surface area contributed by atoms with E-state index < -0.39 is 0 Å². The molecule has 6 heteroatoms. The Hall–Kier alpha value is -3.90. The van der Waals surface area contributed by atoms with Gasteiger partial charge in [0.25, 0.3) is 0 Å². The van der Waals surface area contributed by atoms with Crippen molar-refractivity contribution in [3.8, 4) is 28.5 Å². The average Bonchev–Trinajstić information content (AvgIpc) is 2.83. The predicted octanol–water partition coefficient (Wildman–Crippen LogP) is 4.46. The Morgan fingerprint density at radius 3 is 2.03 bits per heavy atom. The fraction of sp³-hybridized carbons (Fsp3) is 0.0833. The quantitative estimate of drug-likeness (QED) is 0.487. The summed E-state index contributed by atoms with van der Waals surface area (Å²) in [6.45, 7) is -0.106. The average molecular weight is 396 g/mol. The molecule has 0 saturated carbocycles. The maximum Gasteiger partial charge on any atom is 0.119 e. The number of hydrogen-bond donors (Lipinski definition) is 1. The number of ether oxygens (including phenoxy) is 1. The van der Waals surface area contributed by atoms with Gasteiger partial charge in [0.05, 0.1) is 59.8 Å². The van der Waals surface area contributed by atoms with Gasteiger partial charge in [0, 0.05) is 0 Å². The lowest BCUT2D eigenvalue weighted by Crippen LogP contribution is -1.96. The van der Waals surface area contributed by atoms with E-state index in [4.69, 9.17) is 9.72 Å². The molecule has 0 spiro atoms. The van der Waals surface area contributed by atoms with E-state index in [1.165, 1.54) is 0 Å². The molecule has 148 valence electrons. The molecule has 3 aromatic heterocycles. The molecular formula is C24H20N4O2. The minimum Gasteiger partial charge on any atom is -0.497 e. The van der Waals surface area contributed by atoms with Crippen LogP contribution in [0, 0.1) is 0 Å². The van der Waals surface area contributed by atoms with Gasteiger partial charge < -0.3 is 9.84 Å². The van der Waals surface area contributed by atoms with E-state index in [9.17, 15) is 5.11 Å². The highest BCUT2D eigenvalue weighted by atomic mass is 16.5. The fourth-order valence-electron chi connectivity index (χ4n) is 2.91. The fourth-order valence-corrected chi connectivity index (χ4v) is 2.91. The van der Waals surface area contributed by atoms with E-state index in [2.05, 4.69) is 15.0 Å². The van der Waals surface area contributed by atoms with E-state index in [-0.39, 0.29) is 6.61 Å². The summed E-state index contributed by atoms with van der Waals surface area (Å²) in [4.78, 5) is 18.3. The van der Waals surface area contributed by atoms with E-state index in [0.717, 1.165) is 34.2 Å². The molecule has 0 atom stereocenters. The van der Waals surface area contributed by atoms with Gasteiger partial charge in [0.1, 0.15) is 5.75 Å². The minimum absolute atomic E-state index is 0.106. The lowest BCUT2D eigenvalue weighted by Gasteiger charge is -2.06. The van der Waals surface area contributed by atoms with Crippen LogP contribution in [-0.2, 0) is 6.61 Å². The molecule has 3 heterocycles. The van der Waals surface area contributed by atoms with Crippen LogP contribution < -0.4 is 4.74 Å². The zero-order valence-electron chi connectivity index (χ0n) is 16.4. The molecule has 0 unspecified atom stereocenters. The molecule has 0 aliphatic heterocycles. The summed E-state index contributed by atoms with van der Waals surface area (Å²) >= 11 is 0. The normalized spacial score (nSPS) is 11.0. The van der Waals surface area contributed by atoms with Crippen LogP contribution in [0.1, 0.15) is 11.4 Å². The van der Waals surface area contributed by atoms with Crippen molar-refractivity contribution in [3.63, 3.8) is 0 Å². The summed E-state index contributed by atoms with van der Waals surface area (Å²) in [6, 6.07) is 24.5. The number of aliphatic imine (C=N–C) groups is 1. The van der Waals surface area contributed by atoms with E-state index in [0.29, 0.717) is 11.4 Å². The van der Waals surface area contributed by atoms with Gasteiger partial charge >= 0.3 is 0 Å². The Morgan fingerprint density at radius 2 is 1.37 bits per heavy atom. The maximum absolute atomic E-state index is 9.32. The van der Waals surface area contributed by atoms with Crippen LogP contribution >= 0.6 is 0 Å². The first-order valence-electron chi connectivity index (χ1n) is 9.45. The maximum atomic E-state index is 9.32. The van der Waals surface area contributed by atoms with Crippen molar-refractivity contribution in [2.75, 3.05) is 7.11 Å². The first kappa shape index (κ1) is 19.4. The van der Waals surface area contributed by atoms with Gasteiger partial charge in [0.15, 0.2) is 0 Å². The number of aromatic nitrogens is 3. The van der Waals surface area contributed by atoms with Gasteiger partial charge in [-0.25, -0.2) is 15.0 Å². The summed E-state index contributed by atoms with van der Waals surface area (Å²) in [5.74, 6) is 0.791. The number of pyridine rings is 3. The number of hydrogen-bond acceptors (Lipinski definition) is 6. The van der Waals surface area contributed by atoms with Crippen molar-refractivity contribution in [2.45, 2.75) is 6.61 Å². The smallest absolute Gasteiger partial charge is 0.119 e. The number of methoxy groups -OCH3 is 1. The molecule has 0 saturated heterocycles. The number of benzene rings is 1. The Balaban J connectivity index is 1.59. The summed E-state index contributed by atoms with van der Waals surface area (Å²) in [6.07, 6.45) is 1.72. The minimum atomic E-state index is -0.106. The zero-order chi connectivity index (χ0) is 20.8. The van der Waals surface area contributed by atoms with E-state index in [1.54, 1.807) is 19.4 Å². The highest BCUT2D eigenvalue weighted by Crippen LogP contribution is 2.21. The summed E-state index contributed by atoms with van der Waals surface area (Å²) in [5.41, 5.74) is 5.07. The van der Waals surface area contributed by atoms with Crippen LogP contribution in [0.25, 0.3) is 22.8 Å². The van der Waals surface area contributed by atoms with Crippen LogP contribution in [0.5, 0.6) is 5.75 Å². The summed E-state index contributed by atoms with van der Waals surface area (Å²) < 4.78 is 5.16. The molecule has 0 fully saturated rings. The highest BCUT2D eigenvalue weighted by molar-refractivity contribution is 5.80. The zero-order valence-corrected chi connectivity index (χ0v) is 16.4. The lowest BCUT2D eigenvalue weighted by molar-refractivity contribution is 0.277. The Morgan fingerprint density at radius 1 is 0.767 bits per heavy atom. The summed E-state index contributed by atoms with van der Waals surface area (Å²) in [5, 5.41) is 9.32. The predicted molar refractivity (Wildman–Crippen MR) is 117 cm³/mol. The molecule has 0 aliphatic carbocycles. The molecule has 4 aromatic rings. The third-order valence-corrected chi connectivity index (χ3v) is 4.43. The van der Waals surface area contributed by atoms with Gasteiger partial charge in [0.2, 0.25) is 0 Å². The van der Waals surface area contributed by atoms with Crippen LogP contribution in [0.2, 0.25) is 0 Å². The Bertz CT molecular complexity index is 1170. The number of aliphatic hydroxyl groups excluding tert-OH is 1. The molecular weight excluding hydrogens is 376 g/mol. The Labute approximate surface area is 174 Å². The van der Waals surface area contributed by atoms with Crippen LogP contribution in [-0.4, -0.2) is 33.4 Å². The number of aliphatic hydroxyl groups is 1. The van der Waals surface area contributed by atoms with Gasteiger partial charge in [-0.1, -0.05) is 18.2 Å². The van der Waals surface area contributed by atoms with Gasteiger partial charge in [-0.3, -0.25) is 4.99 Å². The first-order chi connectivity index (χ1) is 14.7. The molecule has 0 bridgehead atoms. The second-order valence-corrected chi connectivity index (χ2v) is 6.48. The first-order valence-corrected chi connectivity index (χ1v) is 9.45. The number of rotatable bonds is 6. The highest BCUT2D eigenvalue weighted by Gasteiger charge is 2.07. The van der Waals surface area contributed by atoms with Crippen molar-refractivity contribution in [3.05, 3.63) is 90.3 Å². The van der Waals surface area contributed by atoms with Crippen molar-refractivity contribution in [1.29, 1.82) is 0 Å². The SMILES string of the molecule is COc1ccc(N=Cc2cccc(-c3cccc(-c4cccc(CO)n4)n3)n2)cc1. The monoisotopic (exact) mass is 396 g/mol. The second-order valence-electron chi connectivity index (χ2n) is 6.48. The topological polar surface area (TPSA) is 80.5 Å². The van der Waals surface area contributed by atoms with Crippen molar-refractivity contribution >= 4 is 11.9 Å². The molecule has 6 nitrogen and oxygen atoms in total. The van der Waals surface area contributed by atoms with Crippen molar-refractivity contribution < 1.29 is 9.84 Å². The van der Waals surface area contributed by atoms with Gasteiger partial charge in [-0.15, -0.1) is 0 Å². The molecule has 1 N–H and O–H groups in total. The third kappa shape index (κ3) is 4.56. The van der Waals surface area contributed by atoms with E-state index in [1.807, 2.05) is 72.8 Å². The van der Waals surface area contributed by atoms with E-state index >= 15 is 0 Å². The molecule has 0 amide bonds. The van der Waals surface area contributed by atoms with Crippen molar-refractivity contribution in [1.82, 2.24) is 15.0 Å². The van der Waals surface area contributed by atoms with Crippen molar-refractivity contribution in [2.24, 2.45) is 4.99 Å². The van der Waals surface area contributed by atoms with Gasteiger partial charge in [-0.05, 0) is 60.7 Å². The standard InChI is InChI=1S/C24H20N4O2/c1-30-20-13-11-17(12-14-20)25-15-18-5-2-7-21(26-18)23-9-4-10-24(28-23)22-8-3-6-19(16-29)27-22/h2-15,29H,16H2,1H3.